The molecule has 2 aromatic rings. The molecule has 0 unspecified atom stereocenters. The molecule has 0 atom stereocenters. The molecule has 3 heterocycles. The van der Waals surface area contributed by atoms with Crippen molar-refractivity contribution >= 4 is 16.9 Å². The lowest BCUT2D eigenvalue weighted by Gasteiger charge is -2.16. The smallest absolute Gasteiger partial charge is 0.346 e. The minimum absolute atomic E-state index is 0.349. The van der Waals surface area contributed by atoms with Crippen molar-refractivity contribution in [3.8, 4) is 0 Å². The van der Waals surface area contributed by atoms with Crippen LogP contribution in [-0.4, -0.2) is 28.0 Å². The molecule has 0 spiro atoms. The van der Waals surface area contributed by atoms with E-state index in [0.29, 0.717) is 5.65 Å². The van der Waals surface area contributed by atoms with E-state index in [1.54, 1.807) is 6.20 Å². The molecule has 1 N–H and O–H groups in total. The van der Waals surface area contributed by atoms with E-state index in [1.165, 1.54) is 12.8 Å². The summed E-state index contributed by atoms with van der Waals surface area (Å²) in [5.74, 6) is 0.937. The van der Waals surface area contributed by atoms with Gasteiger partial charge >= 0.3 is 5.69 Å². The van der Waals surface area contributed by atoms with Crippen LogP contribution in [0.3, 0.4) is 0 Å². The zero-order chi connectivity index (χ0) is 11.0. The molecule has 0 aliphatic carbocycles. The molecule has 1 fully saturated rings. The van der Waals surface area contributed by atoms with Crippen molar-refractivity contribution in [3.63, 3.8) is 0 Å². The van der Waals surface area contributed by atoms with E-state index in [2.05, 4.69) is 19.9 Å². The molecule has 0 bridgehead atoms. The van der Waals surface area contributed by atoms with Gasteiger partial charge in [0, 0.05) is 24.7 Å². The Hall–Kier alpha value is -1.91. The molecule has 1 aliphatic heterocycles. The molecule has 3 rings (SSSR count). The highest BCUT2D eigenvalue weighted by atomic mass is 16.1. The zero-order valence-corrected chi connectivity index (χ0v) is 8.81. The van der Waals surface area contributed by atoms with Gasteiger partial charge in [-0.25, -0.2) is 14.8 Å². The van der Waals surface area contributed by atoms with Gasteiger partial charge in [-0.2, -0.15) is 0 Å². The van der Waals surface area contributed by atoms with Gasteiger partial charge in [0.15, 0.2) is 0 Å². The topological polar surface area (TPSA) is 61.9 Å². The number of hydrogen-bond donors (Lipinski definition) is 1. The number of nitrogens with zero attached hydrogens (tertiary/aromatic N) is 3. The highest BCUT2D eigenvalue weighted by Gasteiger charge is 2.13. The van der Waals surface area contributed by atoms with Crippen molar-refractivity contribution < 1.29 is 0 Å². The predicted molar refractivity (Wildman–Crippen MR) is 61.6 cm³/mol. The Kier molecular flexibility index (Phi) is 2.09. The van der Waals surface area contributed by atoms with Crippen LogP contribution in [0.25, 0.3) is 11.0 Å². The standard InChI is InChI=1S/C11H12N4O/c16-11-12-7-8-3-4-9(13-10(8)14-11)15-5-1-2-6-15/h3-4,7H,1-2,5-6H2,(H,12,13,14,16). The first-order valence-corrected chi connectivity index (χ1v) is 5.44. The van der Waals surface area contributed by atoms with Crippen LogP contribution in [0.1, 0.15) is 12.8 Å². The highest BCUT2D eigenvalue weighted by Crippen LogP contribution is 2.19. The minimum Gasteiger partial charge on any atom is -0.357 e. The van der Waals surface area contributed by atoms with Crippen LogP contribution in [0.5, 0.6) is 0 Å². The van der Waals surface area contributed by atoms with Crippen molar-refractivity contribution in [3.05, 3.63) is 28.8 Å². The van der Waals surface area contributed by atoms with Crippen molar-refractivity contribution in [2.45, 2.75) is 12.8 Å². The molecule has 16 heavy (non-hydrogen) atoms. The summed E-state index contributed by atoms with van der Waals surface area (Å²) in [6.07, 6.45) is 3.98. The Morgan fingerprint density at radius 1 is 1.25 bits per heavy atom. The first-order valence-electron chi connectivity index (χ1n) is 5.44. The number of pyridine rings is 1. The average Bonchev–Trinajstić information content (AvgIpc) is 2.81. The molecular formula is C11H12N4O. The van der Waals surface area contributed by atoms with E-state index >= 15 is 0 Å². The van der Waals surface area contributed by atoms with Crippen LogP contribution in [0.4, 0.5) is 5.82 Å². The molecule has 0 amide bonds. The summed E-state index contributed by atoms with van der Waals surface area (Å²) in [6, 6.07) is 3.92. The van der Waals surface area contributed by atoms with Crippen molar-refractivity contribution in [2.75, 3.05) is 18.0 Å². The molecule has 1 aliphatic rings. The second kappa shape index (κ2) is 3.59. The van der Waals surface area contributed by atoms with Crippen LogP contribution in [0.2, 0.25) is 0 Å². The van der Waals surface area contributed by atoms with Crippen LogP contribution in [-0.2, 0) is 0 Å². The summed E-state index contributed by atoms with van der Waals surface area (Å²) in [4.78, 5) is 24.1. The summed E-state index contributed by atoms with van der Waals surface area (Å²) in [6.45, 7) is 2.10. The summed E-state index contributed by atoms with van der Waals surface area (Å²) in [5.41, 5.74) is 0.267. The van der Waals surface area contributed by atoms with Gasteiger partial charge in [-0.05, 0) is 25.0 Å². The highest BCUT2D eigenvalue weighted by molar-refractivity contribution is 5.75. The average molecular weight is 216 g/mol. The van der Waals surface area contributed by atoms with Gasteiger partial charge < -0.3 is 4.90 Å². The third-order valence-electron chi connectivity index (χ3n) is 2.89. The molecule has 5 heteroatoms. The van der Waals surface area contributed by atoms with E-state index in [9.17, 15) is 4.79 Å². The molecule has 2 aromatic heterocycles. The number of fused-ring (bicyclic) bond motifs is 1. The Labute approximate surface area is 92.1 Å². The second-order valence-corrected chi connectivity index (χ2v) is 3.99. The summed E-state index contributed by atoms with van der Waals surface area (Å²) >= 11 is 0. The fourth-order valence-corrected chi connectivity index (χ4v) is 2.05. The monoisotopic (exact) mass is 216 g/mol. The van der Waals surface area contributed by atoms with Crippen molar-refractivity contribution in [1.82, 2.24) is 15.0 Å². The van der Waals surface area contributed by atoms with Gasteiger partial charge in [-0.15, -0.1) is 0 Å². The van der Waals surface area contributed by atoms with Crippen LogP contribution < -0.4 is 10.6 Å². The van der Waals surface area contributed by atoms with Crippen molar-refractivity contribution in [2.24, 2.45) is 0 Å². The number of aromatic nitrogens is 3. The summed E-state index contributed by atoms with van der Waals surface area (Å²) in [5, 5.41) is 0.863. The number of anilines is 1. The number of rotatable bonds is 1. The van der Waals surface area contributed by atoms with Gasteiger partial charge in [0.05, 0.1) is 0 Å². The molecule has 0 aromatic carbocycles. The van der Waals surface area contributed by atoms with Crippen LogP contribution >= 0.6 is 0 Å². The number of H-pyrrole nitrogens is 1. The SMILES string of the molecule is O=c1ncc2ccc(N3CCCC3)nc2[nH]1. The largest absolute Gasteiger partial charge is 0.357 e. The lowest BCUT2D eigenvalue weighted by atomic mass is 10.3. The maximum absolute atomic E-state index is 11.1. The molecule has 0 saturated carbocycles. The maximum Gasteiger partial charge on any atom is 0.346 e. The van der Waals surface area contributed by atoms with E-state index < -0.39 is 0 Å². The van der Waals surface area contributed by atoms with Crippen LogP contribution in [0, 0.1) is 0 Å². The number of hydrogen-bond acceptors (Lipinski definition) is 4. The summed E-state index contributed by atoms with van der Waals surface area (Å²) < 4.78 is 0. The molecular weight excluding hydrogens is 204 g/mol. The quantitative estimate of drug-likeness (QED) is 0.770. The Balaban J connectivity index is 2.10. The van der Waals surface area contributed by atoms with Crippen molar-refractivity contribution in [1.29, 1.82) is 0 Å². The van der Waals surface area contributed by atoms with Gasteiger partial charge in [0.25, 0.3) is 0 Å². The Bertz CT molecular complexity index is 571. The normalized spacial score (nSPS) is 15.9. The number of nitrogens with one attached hydrogen (secondary N) is 1. The Morgan fingerprint density at radius 2 is 2.06 bits per heavy atom. The molecule has 82 valence electrons. The first kappa shape index (κ1) is 9.33. The van der Waals surface area contributed by atoms with E-state index in [1.807, 2.05) is 12.1 Å². The van der Waals surface area contributed by atoms with Gasteiger partial charge in [0.1, 0.15) is 11.5 Å². The van der Waals surface area contributed by atoms with E-state index in [-0.39, 0.29) is 5.69 Å². The van der Waals surface area contributed by atoms with E-state index in [4.69, 9.17) is 0 Å². The molecule has 5 nitrogen and oxygen atoms in total. The second-order valence-electron chi connectivity index (χ2n) is 3.99. The zero-order valence-electron chi connectivity index (χ0n) is 8.81. The third kappa shape index (κ3) is 1.54. The minimum atomic E-state index is -0.349. The molecule has 1 saturated heterocycles. The van der Waals surface area contributed by atoms with Gasteiger partial charge in [-0.3, -0.25) is 4.98 Å². The Morgan fingerprint density at radius 3 is 2.88 bits per heavy atom. The first-order chi connectivity index (χ1) is 7.83. The fraction of sp³-hybridized carbons (Fsp3) is 0.364. The third-order valence-corrected chi connectivity index (χ3v) is 2.89. The van der Waals surface area contributed by atoms with Crippen LogP contribution in [0.15, 0.2) is 23.1 Å². The lowest BCUT2D eigenvalue weighted by molar-refractivity contribution is 0.939. The molecule has 0 radical (unpaired) electrons. The number of aromatic amines is 1. The van der Waals surface area contributed by atoms with E-state index in [0.717, 1.165) is 24.3 Å². The fourth-order valence-electron chi connectivity index (χ4n) is 2.05. The van der Waals surface area contributed by atoms with Gasteiger partial charge in [-0.1, -0.05) is 0 Å². The summed E-state index contributed by atoms with van der Waals surface area (Å²) in [7, 11) is 0. The maximum atomic E-state index is 11.1. The van der Waals surface area contributed by atoms with Gasteiger partial charge in [0.2, 0.25) is 0 Å². The predicted octanol–water partition coefficient (Wildman–Crippen LogP) is 0.918. The lowest BCUT2D eigenvalue weighted by Crippen LogP contribution is -2.19.